The van der Waals surface area contributed by atoms with Crippen LogP contribution in [-0.4, -0.2) is 44.6 Å². The molecule has 3 rings (SSSR count). The zero-order chi connectivity index (χ0) is 18.7. The van der Waals surface area contributed by atoms with E-state index in [1.165, 1.54) is 0 Å². The van der Waals surface area contributed by atoms with Gasteiger partial charge in [0.05, 0.1) is 29.8 Å². The van der Waals surface area contributed by atoms with E-state index in [4.69, 9.17) is 6.42 Å². The average molecular weight is 354 g/mol. The van der Waals surface area contributed by atoms with Crippen molar-refractivity contribution >= 4 is 16.9 Å². The molecule has 2 aromatic rings. The fourth-order valence-corrected chi connectivity index (χ4v) is 3.05. The normalized spacial score (nSPS) is 14.4. The van der Waals surface area contributed by atoms with E-state index < -0.39 is 5.66 Å². The summed E-state index contributed by atoms with van der Waals surface area (Å²) in [7, 11) is 0. The van der Waals surface area contributed by atoms with E-state index in [0.717, 1.165) is 5.69 Å². The summed E-state index contributed by atoms with van der Waals surface area (Å²) >= 11 is 0. The average Bonchev–Trinajstić information content (AvgIpc) is 3.31. The number of rotatable bonds is 8. The van der Waals surface area contributed by atoms with Gasteiger partial charge >= 0.3 is 0 Å². The Bertz CT molecular complexity index is 903. The first-order valence-electron chi connectivity index (χ1n) is 8.61. The fourth-order valence-electron chi connectivity index (χ4n) is 3.05. The van der Waals surface area contributed by atoms with Crippen molar-refractivity contribution in [1.82, 2.24) is 20.1 Å². The second-order valence-electron chi connectivity index (χ2n) is 6.43. The predicted octanol–water partition coefficient (Wildman–Crippen LogP) is 1.74. The molecule has 8 heteroatoms. The number of hydrogen-bond acceptors (Lipinski definition) is 6. The van der Waals surface area contributed by atoms with E-state index in [0.29, 0.717) is 54.6 Å². The van der Waals surface area contributed by atoms with Crippen molar-refractivity contribution < 1.29 is 9.90 Å². The number of aliphatic hydroxyl groups excluding tert-OH is 1. The van der Waals surface area contributed by atoms with Crippen molar-refractivity contribution in [1.29, 1.82) is 0 Å². The third-order valence-corrected chi connectivity index (χ3v) is 4.43. The predicted molar refractivity (Wildman–Crippen MR) is 96.7 cm³/mol. The number of aromatic nitrogens is 3. The standard InChI is InChI=1S/C18H22N6O2/c1-4-5-6-18(22-23-18)7-8-19-17(26)14-11-12(2)20-16-15(14)13(3)21-24(16)9-10-25/h1,11,25H,5-10H2,2-3H3,(H,19,26). The quantitative estimate of drug-likeness (QED) is 0.704. The molecular formula is C18H22N6O2. The second-order valence-corrected chi connectivity index (χ2v) is 6.43. The Hall–Kier alpha value is -2.79. The van der Waals surface area contributed by atoms with Crippen LogP contribution in [0.5, 0.6) is 0 Å². The summed E-state index contributed by atoms with van der Waals surface area (Å²) in [6, 6.07) is 1.76. The molecule has 2 aromatic heterocycles. The number of carbonyl (C=O) groups excluding carboxylic acids is 1. The summed E-state index contributed by atoms with van der Waals surface area (Å²) in [5, 5.41) is 25.4. The maximum absolute atomic E-state index is 12.7. The van der Waals surface area contributed by atoms with Crippen LogP contribution in [0.2, 0.25) is 0 Å². The van der Waals surface area contributed by atoms with E-state index in [2.05, 4.69) is 31.5 Å². The number of terminal acetylenes is 1. The zero-order valence-corrected chi connectivity index (χ0v) is 15.0. The van der Waals surface area contributed by atoms with Crippen LogP contribution in [0, 0.1) is 26.2 Å². The molecule has 0 atom stereocenters. The molecule has 1 aliphatic rings. The Morgan fingerprint density at radius 2 is 2.15 bits per heavy atom. The first-order chi connectivity index (χ1) is 12.5. The molecule has 0 fully saturated rings. The lowest BCUT2D eigenvalue weighted by Crippen LogP contribution is -2.28. The summed E-state index contributed by atoms with van der Waals surface area (Å²) in [5.74, 6) is 2.41. The zero-order valence-electron chi connectivity index (χ0n) is 15.0. The van der Waals surface area contributed by atoms with Crippen molar-refractivity contribution in [3.8, 4) is 12.3 Å². The van der Waals surface area contributed by atoms with Crippen LogP contribution >= 0.6 is 0 Å². The molecule has 2 N–H and O–H groups in total. The Kier molecular flexibility index (Phi) is 5.00. The number of hydrogen-bond donors (Lipinski definition) is 2. The number of carbonyl (C=O) groups is 1. The summed E-state index contributed by atoms with van der Waals surface area (Å²) < 4.78 is 1.63. The number of nitrogens with one attached hydrogen (secondary N) is 1. The van der Waals surface area contributed by atoms with Crippen LogP contribution in [-0.2, 0) is 6.54 Å². The molecule has 26 heavy (non-hydrogen) atoms. The highest BCUT2D eigenvalue weighted by Gasteiger charge is 2.38. The first kappa shape index (κ1) is 18.0. The summed E-state index contributed by atoms with van der Waals surface area (Å²) in [6.07, 6.45) is 7.26. The third kappa shape index (κ3) is 3.58. The number of fused-ring (bicyclic) bond motifs is 1. The van der Waals surface area contributed by atoms with Crippen LogP contribution in [0.15, 0.2) is 16.3 Å². The molecule has 3 heterocycles. The number of amides is 1. The lowest BCUT2D eigenvalue weighted by Gasteiger charge is -2.11. The number of aliphatic hydroxyl groups is 1. The Morgan fingerprint density at radius 1 is 1.38 bits per heavy atom. The lowest BCUT2D eigenvalue weighted by atomic mass is 10.0. The monoisotopic (exact) mass is 354 g/mol. The van der Waals surface area contributed by atoms with Gasteiger partial charge in [-0.3, -0.25) is 4.79 Å². The van der Waals surface area contributed by atoms with Gasteiger partial charge in [-0.1, -0.05) is 0 Å². The highest BCUT2D eigenvalue weighted by atomic mass is 16.3. The number of pyridine rings is 1. The molecule has 1 aliphatic heterocycles. The van der Waals surface area contributed by atoms with Crippen molar-refractivity contribution in [3.05, 3.63) is 23.0 Å². The van der Waals surface area contributed by atoms with Crippen LogP contribution in [0.3, 0.4) is 0 Å². The molecule has 136 valence electrons. The maximum Gasteiger partial charge on any atom is 0.252 e. The van der Waals surface area contributed by atoms with E-state index in [1.54, 1.807) is 10.7 Å². The summed E-state index contributed by atoms with van der Waals surface area (Å²) in [5.41, 5.74) is 2.17. The minimum atomic E-state index is -0.412. The van der Waals surface area contributed by atoms with Gasteiger partial charge in [-0.25, -0.2) is 9.67 Å². The van der Waals surface area contributed by atoms with Crippen molar-refractivity contribution in [2.45, 2.75) is 45.3 Å². The topological polar surface area (TPSA) is 105 Å². The van der Waals surface area contributed by atoms with Gasteiger partial charge in [0.2, 0.25) is 0 Å². The molecule has 0 radical (unpaired) electrons. The molecule has 8 nitrogen and oxygen atoms in total. The summed E-state index contributed by atoms with van der Waals surface area (Å²) in [4.78, 5) is 17.2. The first-order valence-corrected chi connectivity index (χ1v) is 8.61. The maximum atomic E-state index is 12.7. The van der Waals surface area contributed by atoms with Gasteiger partial charge in [-0.15, -0.1) is 12.3 Å². The molecule has 1 amide bonds. The smallest absolute Gasteiger partial charge is 0.252 e. The molecule has 0 saturated carbocycles. The largest absolute Gasteiger partial charge is 0.394 e. The molecule has 0 unspecified atom stereocenters. The molecule has 0 aliphatic carbocycles. The van der Waals surface area contributed by atoms with Crippen LogP contribution < -0.4 is 5.32 Å². The molecular weight excluding hydrogens is 332 g/mol. The Labute approximate surface area is 151 Å². The van der Waals surface area contributed by atoms with E-state index >= 15 is 0 Å². The van der Waals surface area contributed by atoms with Crippen molar-refractivity contribution in [2.24, 2.45) is 10.2 Å². The van der Waals surface area contributed by atoms with Crippen LogP contribution in [0.4, 0.5) is 0 Å². The number of nitrogens with zero attached hydrogens (tertiary/aromatic N) is 5. The van der Waals surface area contributed by atoms with Crippen LogP contribution in [0.1, 0.15) is 41.0 Å². The van der Waals surface area contributed by atoms with Gasteiger partial charge in [-0.05, 0) is 19.9 Å². The van der Waals surface area contributed by atoms with Gasteiger partial charge in [-0.2, -0.15) is 15.3 Å². The SMILES string of the molecule is C#CCCC1(CCNC(=O)c2cc(C)nc3c2c(C)nn3CCO)N=N1. The Morgan fingerprint density at radius 3 is 2.81 bits per heavy atom. The molecule has 0 spiro atoms. The van der Waals surface area contributed by atoms with Gasteiger partial charge < -0.3 is 10.4 Å². The van der Waals surface area contributed by atoms with Crippen molar-refractivity contribution in [3.63, 3.8) is 0 Å². The van der Waals surface area contributed by atoms with Gasteiger partial charge in [0.15, 0.2) is 11.3 Å². The van der Waals surface area contributed by atoms with E-state index in [-0.39, 0.29) is 12.5 Å². The highest BCUT2D eigenvalue weighted by molar-refractivity contribution is 6.06. The molecule has 0 bridgehead atoms. The molecule has 0 saturated heterocycles. The number of aryl methyl sites for hydroxylation is 2. The van der Waals surface area contributed by atoms with Gasteiger partial charge in [0.25, 0.3) is 5.91 Å². The Balaban J connectivity index is 1.75. The minimum Gasteiger partial charge on any atom is -0.394 e. The minimum absolute atomic E-state index is 0.0416. The van der Waals surface area contributed by atoms with Gasteiger partial charge in [0.1, 0.15) is 0 Å². The van der Waals surface area contributed by atoms with Crippen LogP contribution in [0.25, 0.3) is 11.0 Å². The second kappa shape index (κ2) is 7.22. The third-order valence-electron chi connectivity index (χ3n) is 4.43. The van der Waals surface area contributed by atoms with Crippen molar-refractivity contribution in [2.75, 3.05) is 13.2 Å². The van der Waals surface area contributed by atoms with E-state index in [1.807, 2.05) is 13.8 Å². The molecule has 0 aromatic carbocycles. The summed E-state index contributed by atoms with van der Waals surface area (Å²) in [6.45, 7) is 4.42. The highest BCUT2D eigenvalue weighted by Crippen LogP contribution is 2.36. The van der Waals surface area contributed by atoms with Gasteiger partial charge in [0, 0.05) is 31.5 Å². The van der Waals surface area contributed by atoms with E-state index in [9.17, 15) is 9.90 Å². The fraction of sp³-hybridized carbons (Fsp3) is 0.500. The lowest BCUT2D eigenvalue weighted by molar-refractivity contribution is 0.0953.